The van der Waals surface area contributed by atoms with Crippen molar-refractivity contribution in [3.05, 3.63) is 59.2 Å². The maximum atomic E-state index is 13.9. The van der Waals surface area contributed by atoms with Crippen LogP contribution in [0, 0.1) is 18.6 Å². The first kappa shape index (κ1) is 12.5. The van der Waals surface area contributed by atoms with Crippen molar-refractivity contribution >= 4 is 17.2 Å². The van der Waals surface area contributed by atoms with E-state index < -0.39 is 11.6 Å². The standard InChI is InChI=1S/C16H11F2NO/c1-9-2-4-10(5-3-9)15-11(8-20)14-12(17)6-7-13(18)16(14)19-15/h2-8,19H,1H3. The number of halogens is 2. The number of aromatic nitrogens is 1. The molecule has 0 saturated carbocycles. The van der Waals surface area contributed by atoms with Crippen LogP contribution in [0.2, 0.25) is 0 Å². The summed E-state index contributed by atoms with van der Waals surface area (Å²) in [5.41, 5.74) is 2.37. The summed E-state index contributed by atoms with van der Waals surface area (Å²) in [7, 11) is 0. The average Bonchev–Trinajstić information content (AvgIpc) is 2.84. The highest BCUT2D eigenvalue weighted by Gasteiger charge is 2.18. The Labute approximate surface area is 114 Å². The fraction of sp³-hybridized carbons (Fsp3) is 0.0625. The SMILES string of the molecule is Cc1ccc(-c2[nH]c3c(F)ccc(F)c3c2C=O)cc1. The van der Waals surface area contributed by atoms with Crippen molar-refractivity contribution in [1.82, 2.24) is 4.98 Å². The molecule has 0 fully saturated rings. The lowest BCUT2D eigenvalue weighted by atomic mass is 10.0. The Kier molecular flexibility index (Phi) is 2.86. The number of aryl methyl sites for hydroxylation is 1. The molecular weight excluding hydrogens is 260 g/mol. The summed E-state index contributed by atoms with van der Waals surface area (Å²) < 4.78 is 27.6. The Balaban J connectivity index is 2.36. The lowest BCUT2D eigenvalue weighted by molar-refractivity contribution is 0.112. The zero-order valence-electron chi connectivity index (χ0n) is 10.7. The molecule has 0 bridgehead atoms. The maximum Gasteiger partial charge on any atom is 0.152 e. The van der Waals surface area contributed by atoms with E-state index in [9.17, 15) is 13.6 Å². The molecule has 0 aliphatic carbocycles. The van der Waals surface area contributed by atoms with Crippen molar-refractivity contribution in [2.45, 2.75) is 6.92 Å². The normalized spacial score (nSPS) is 10.9. The van der Waals surface area contributed by atoms with E-state index in [1.807, 2.05) is 31.2 Å². The minimum absolute atomic E-state index is 0.00410. The summed E-state index contributed by atoms with van der Waals surface area (Å²) in [6, 6.07) is 9.44. The van der Waals surface area contributed by atoms with Crippen LogP contribution in [0.4, 0.5) is 8.78 Å². The van der Waals surface area contributed by atoms with Crippen molar-refractivity contribution in [1.29, 1.82) is 0 Å². The van der Waals surface area contributed by atoms with Crippen LogP contribution in [0.25, 0.3) is 22.2 Å². The number of carbonyl (C=O) groups excluding carboxylic acids is 1. The molecule has 100 valence electrons. The minimum atomic E-state index is -0.613. The summed E-state index contributed by atoms with van der Waals surface area (Å²) in [6.45, 7) is 1.94. The molecule has 0 aliphatic rings. The molecule has 0 atom stereocenters. The molecule has 0 amide bonds. The Hall–Kier alpha value is -2.49. The molecule has 4 heteroatoms. The Morgan fingerprint density at radius 1 is 1.00 bits per heavy atom. The topological polar surface area (TPSA) is 32.9 Å². The van der Waals surface area contributed by atoms with E-state index >= 15 is 0 Å². The zero-order chi connectivity index (χ0) is 14.3. The number of benzene rings is 2. The van der Waals surface area contributed by atoms with E-state index in [2.05, 4.69) is 4.98 Å². The van der Waals surface area contributed by atoms with Crippen LogP contribution in [-0.2, 0) is 0 Å². The Morgan fingerprint density at radius 2 is 1.65 bits per heavy atom. The predicted octanol–water partition coefficient (Wildman–Crippen LogP) is 4.23. The number of rotatable bonds is 2. The third-order valence-corrected chi connectivity index (χ3v) is 3.35. The Morgan fingerprint density at radius 3 is 2.30 bits per heavy atom. The fourth-order valence-corrected chi connectivity index (χ4v) is 2.32. The van der Waals surface area contributed by atoms with Crippen molar-refractivity contribution in [2.75, 3.05) is 0 Å². The van der Waals surface area contributed by atoms with E-state index in [4.69, 9.17) is 0 Å². The number of hydrogen-bond acceptors (Lipinski definition) is 1. The number of H-pyrrole nitrogens is 1. The molecule has 3 aromatic rings. The number of nitrogens with one attached hydrogen (secondary N) is 1. The first-order chi connectivity index (χ1) is 9.61. The van der Waals surface area contributed by atoms with E-state index in [1.54, 1.807) is 0 Å². The van der Waals surface area contributed by atoms with Gasteiger partial charge in [0.1, 0.15) is 11.6 Å². The summed E-state index contributed by atoms with van der Waals surface area (Å²) in [5.74, 6) is -1.19. The summed E-state index contributed by atoms with van der Waals surface area (Å²) in [6.07, 6.45) is 0.552. The van der Waals surface area contributed by atoms with Crippen LogP contribution in [0.15, 0.2) is 36.4 Å². The van der Waals surface area contributed by atoms with Gasteiger partial charge in [0.2, 0.25) is 0 Å². The van der Waals surface area contributed by atoms with Crippen LogP contribution < -0.4 is 0 Å². The first-order valence-corrected chi connectivity index (χ1v) is 6.13. The molecule has 1 N–H and O–H groups in total. The molecule has 0 unspecified atom stereocenters. The molecular formula is C16H11F2NO. The highest BCUT2D eigenvalue weighted by molar-refractivity contribution is 6.04. The van der Waals surface area contributed by atoms with Crippen molar-refractivity contribution < 1.29 is 13.6 Å². The first-order valence-electron chi connectivity index (χ1n) is 6.13. The summed E-state index contributed by atoms with van der Waals surface area (Å²) in [5, 5.41) is -0.00410. The third kappa shape index (κ3) is 1.81. The highest BCUT2D eigenvalue weighted by Crippen LogP contribution is 2.32. The number of hydrogen-bond donors (Lipinski definition) is 1. The van der Waals surface area contributed by atoms with Crippen molar-refractivity contribution in [3.63, 3.8) is 0 Å². The number of aromatic amines is 1. The lowest BCUT2D eigenvalue weighted by Gasteiger charge is -2.00. The second-order valence-corrected chi connectivity index (χ2v) is 4.68. The van der Waals surface area contributed by atoms with Gasteiger partial charge < -0.3 is 4.98 Å². The van der Waals surface area contributed by atoms with Gasteiger partial charge in [0, 0.05) is 5.39 Å². The Bertz CT molecular complexity index is 803. The molecule has 1 heterocycles. The van der Waals surface area contributed by atoms with Crippen LogP contribution in [-0.4, -0.2) is 11.3 Å². The van der Waals surface area contributed by atoms with E-state index in [1.165, 1.54) is 0 Å². The van der Waals surface area contributed by atoms with Gasteiger partial charge in [0.25, 0.3) is 0 Å². The molecule has 0 saturated heterocycles. The highest BCUT2D eigenvalue weighted by atomic mass is 19.1. The van der Waals surface area contributed by atoms with Gasteiger partial charge in [-0.05, 0) is 24.6 Å². The summed E-state index contributed by atoms with van der Waals surface area (Å²) >= 11 is 0. The molecule has 2 aromatic carbocycles. The molecule has 0 radical (unpaired) electrons. The molecule has 1 aromatic heterocycles. The van der Waals surface area contributed by atoms with Crippen LogP contribution in [0.5, 0.6) is 0 Å². The molecule has 3 rings (SSSR count). The van der Waals surface area contributed by atoms with Gasteiger partial charge in [-0.15, -0.1) is 0 Å². The minimum Gasteiger partial charge on any atom is -0.351 e. The van der Waals surface area contributed by atoms with Gasteiger partial charge in [-0.1, -0.05) is 29.8 Å². The van der Waals surface area contributed by atoms with Crippen molar-refractivity contribution in [3.8, 4) is 11.3 Å². The van der Waals surface area contributed by atoms with E-state index in [0.717, 1.165) is 17.7 Å². The van der Waals surface area contributed by atoms with Gasteiger partial charge in [-0.25, -0.2) is 8.78 Å². The second-order valence-electron chi connectivity index (χ2n) is 4.68. The molecule has 2 nitrogen and oxygen atoms in total. The van der Waals surface area contributed by atoms with Gasteiger partial charge in [-0.2, -0.15) is 0 Å². The third-order valence-electron chi connectivity index (χ3n) is 3.35. The average molecular weight is 271 g/mol. The second kappa shape index (κ2) is 4.56. The van der Waals surface area contributed by atoms with Gasteiger partial charge in [0.05, 0.1) is 16.8 Å². The quantitative estimate of drug-likeness (QED) is 0.695. The summed E-state index contributed by atoms with van der Waals surface area (Å²) in [4.78, 5) is 14.1. The number of fused-ring (bicyclic) bond motifs is 1. The predicted molar refractivity (Wildman–Crippen MR) is 73.8 cm³/mol. The van der Waals surface area contributed by atoms with E-state index in [-0.39, 0.29) is 16.5 Å². The van der Waals surface area contributed by atoms with E-state index in [0.29, 0.717) is 17.5 Å². The molecule has 20 heavy (non-hydrogen) atoms. The maximum absolute atomic E-state index is 13.9. The van der Waals surface area contributed by atoms with Gasteiger partial charge >= 0.3 is 0 Å². The van der Waals surface area contributed by atoms with Gasteiger partial charge in [-0.3, -0.25) is 4.79 Å². The molecule has 0 spiro atoms. The van der Waals surface area contributed by atoms with Gasteiger partial charge in [0.15, 0.2) is 6.29 Å². The smallest absolute Gasteiger partial charge is 0.152 e. The number of aldehydes is 1. The zero-order valence-corrected chi connectivity index (χ0v) is 10.7. The molecule has 0 aliphatic heterocycles. The van der Waals surface area contributed by atoms with Crippen LogP contribution in [0.3, 0.4) is 0 Å². The number of carbonyl (C=O) groups is 1. The van der Waals surface area contributed by atoms with Crippen LogP contribution >= 0.6 is 0 Å². The monoisotopic (exact) mass is 271 g/mol. The lowest BCUT2D eigenvalue weighted by Crippen LogP contribution is -1.86. The largest absolute Gasteiger partial charge is 0.351 e. The van der Waals surface area contributed by atoms with Crippen molar-refractivity contribution in [2.24, 2.45) is 0 Å². The fourth-order valence-electron chi connectivity index (χ4n) is 2.32. The van der Waals surface area contributed by atoms with Crippen LogP contribution in [0.1, 0.15) is 15.9 Å².